The fraction of sp³-hybridized carbons (Fsp3) is 0.250. The van der Waals surface area contributed by atoms with Gasteiger partial charge in [-0.25, -0.2) is 0 Å². The molecule has 0 aliphatic heterocycles. The highest BCUT2D eigenvalue weighted by molar-refractivity contribution is 5.76. The quantitative estimate of drug-likeness (QED) is 0.738. The molecule has 2 heteroatoms. The topological polar surface area (TPSA) is 37.3 Å². The van der Waals surface area contributed by atoms with Gasteiger partial charge in [-0.15, -0.1) is 12.3 Å². The van der Waals surface area contributed by atoms with Gasteiger partial charge >= 0.3 is 5.97 Å². The van der Waals surface area contributed by atoms with Crippen molar-refractivity contribution in [3.63, 3.8) is 0 Å². The van der Waals surface area contributed by atoms with E-state index >= 15 is 0 Å². The lowest BCUT2D eigenvalue weighted by molar-refractivity contribution is -0.138. The first-order chi connectivity index (χ1) is 6.65. The number of terminal acetylenes is 1. The van der Waals surface area contributed by atoms with Crippen LogP contribution in [0.5, 0.6) is 0 Å². The van der Waals surface area contributed by atoms with Crippen LogP contribution in [-0.4, -0.2) is 11.1 Å². The summed E-state index contributed by atoms with van der Waals surface area (Å²) >= 11 is 0. The Kier molecular flexibility index (Phi) is 3.30. The monoisotopic (exact) mass is 188 g/mol. The smallest absolute Gasteiger partial charge is 0.311 e. The summed E-state index contributed by atoms with van der Waals surface area (Å²) in [6, 6.07) is 7.40. The maximum Gasteiger partial charge on any atom is 0.311 e. The molecule has 72 valence electrons. The van der Waals surface area contributed by atoms with Crippen molar-refractivity contribution in [2.75, 3.05) is 0 Å². The van der Waals surface area contributed by atoms with E-state index < -0.39 is 11.9 Å². The van der Waals surface area contributed by atoms with Crippen molar-refractivity contribution in [1.29, 1.82) is 0 Å². The van der Waals surface area contributed by atoms with E-state index in [1.807, 2.05) is 31.2 Å². The Balaban J connectivity index is 2.95. The van der Waals surface area contributed by atoms with Gasteiger partial charge in [0.2, 0.25) is 0 Å². The second-order valence-corrected chi connectivity index (χ2v) is 3.21. The highest BCUT2D eigenvalue weighted by Crippen LogP contribution is 2.19. The molecule has 1 rings (SSSR count). The minimum atomic E-state index is -0.869. The lowest BCUT2D eigenvalue weighted by Gasteiger charge is -2.09. The van der Waals surface area contributed by atoms with E-state index in [-0.39, 0.29) is 6.42 Å². The molecule has 1 aromatic carbocycles. The molecule has 0 aromatic heterocycles. The van der Waals surface area contributed by atoms with E-state index in [9.17, 15) is 4.79 Å². The van der Waals surface area contributed by atoms with Gasteiger partial charge in [-0.1, -0.05) is 29.8 Å². The number of carboxylic acid groups (broad SMARTS) is 1. The standard InChI is InChI=1S/C12H12O2/c1-3-4-11(12(13)14)10-7-5-9(2)6-8-10/h1,5-8,11H,4H2,2H3,(H,13,14). The Morgan fingerprint density at radius 2 is 2.07 bits per heavy atom. The Hall–Kier alpha value is -1.75. The largest absolute Gasteiger partial charge is 0.481 e. The average Bonchev–Trinajstić information content (AvgIpc) is 2.15. The minimum Gasteiger partial charge on any atom is -0.481 e. The van der Waals surface area contributed by atoms with Crippen LogP contribution in [0.1, 0.15) is 23.5 Å². The van der Waals surface area contributed by atoms with Gasteiger partial charge in [0.1, 0.15) is 0 Å². The summed E-state index contributed by atoms with van der Waals surface area (Å²) in [6.45, 7) is 1.96. The third-order valence-electron chi connectivity index (χ3n) is 2.10. The second-order valence-electron chi connectivity index (χ2n) is 3.21. The summed E-state index contributed by atoms with van der Waals surface area (Å²) in [4.78, 5) is 10.9. The average molecular weight is 188 g/mol. The van der Waals surface area contributed by atoms with Crippen molar-refractivity contribution in [3.05, 3.63) is 35.4 Å². The lowest BCUT2D eigenvalue weighted by atomic mass is 9.95. The summed E-state index contributed by atoms with van der Waals surface area (Å²) < 4.78 is 0. The molecule has 1 aromatic rings. The SMILES string of the molecule is C#CCC(C(=O)O)c1ccc(C)cc1. The van der Waals surface area contributed by atoms with Gasteiger partial charge in [0.05, 0.1) is 5.92 Å². The van der Waals surface area contributed by atoms with Crippen molar-refractivity contribution in [3.8, 4) is 12.3 Å². The first-order valence-electron chi connectivity index (χ1n) is 4.38. The fourth-order valence-corrected chi connectivity index (χ4v) is 1.26. The molecule has 0 aliphatic rings. The normalized spacial score (nSPS) is 11.7. The Bertz CT molecular complexity index is 357. The summed E-state index contributed by atoms with van der Waals surface area (Å²) in [5.41, 5.74) is 1.87. The van der Waals surface area contributed by atoms with Crippen LogP contribution in [-0.2, 0) is 4.79 Å². The summed E-state index contributed by atoms with van der Waals surface area (Å²) in [5, 5.41) is 8.93. The molecule has 0 fully saturated rings. The first-order valence-corrected chi connectivity index (χ1v) is 4.38. The van der Waals surface area contributed by atoms with Gasteiger partial charge in [0.25, 0.3) is 0 Å². The molecule has 1 atom stereocenters. The van der Waals surface area contributed by atoms with E-state index in [1.54, 1.807) is 0 Å². The number of carbonyl (C=O) groups is 1. The number of rotatable bonds is 3. The highest BCUT2D eigenvalue weighted by atomic mass is 16.4. The van der Waals surface area contributed by atoms with Gasteiger partial charge in [-0.2, -0.15) is 0 Å². The molecule has 0 spiro atoms. The molecule has 1 N–H and O–H groups in total. The van der Waals surface area contributed by atoms with E-state index in [1.165, 1.54) is 0 Å². The Morgan fingerprint density at radius 3 is 2.50 bits per heavy atom. The van der Waals surface area contributed by atoms with Crippen LogP contribution in [0.15, 0.2) is 24.3 Å². The van der Waals surface area contributed by atoms with Crippen LogP contribution in [0.4, 0.5) is 0 Å². The molecule has 0 aliphatic carbocycles. The van der Waals surface area contributed by atoms with Crippen molar-refractivity contribution in [1.82, 2.24) is 0 Å². The van der Waals surface area contributed by atoms with Crippen LogP contribution < -0.4 is 0 Å². The number of aliphatic carboxylic acids is 1. The van der Waals surface area contributed by atoms with Gasteiger partial charge in [0, 0.05) is 6.42 Å². The van der Waals surface area contributed by atoms with Crippen LogP contribution in [0, 0.1) is 19.3 Å². The van der Waals surface area contributed by atoms with Gasteiger partial charge in [-0.3, -0.25) is 4.79 Å². The van der Waals surface area contributed by atoms with Gasteiger partial charge < -0.3 is 5.11 Å². The Labute approximate surface area is 83.6 Å². The molecule has 0 saturated heterocycles. The molecule has 0 heterocycles. The molecular weight excluding hydrogens is 176 g/mol. The minimum absolute atomic E-state index is 0.235. The summed E-state index contributed by atoms with van der Waals surface area (Å²) in [6.07, 6.45) is 5.36. The van der Waals surface area contributed by atoms with E-state index in [4.69, 9.17) is 11.5 Å². The van der Waals surface area contributed by atoms with Crippen LogP contribution in [0.3, 0.4) is 0 Å². The molecule has 0 bridgehead atoms. The second kappa shape index (κ2) is 4.48. The Morgan fingerprint density at radius 1 is 1.50 bits per heavy atom. The molecular formula is C12H12O2. The predicted molar refractivity (Wildman–Crippen MR) is 55.0 cm³/mol. The van der Waals surface area contributed by atoms with Crippen molar-refractivity contribution < 1.29 is 9.90 Å². The van der Waals surface area contributed by atoms with Crippen LogP contribution in [0.2, 0.25) is 0 Å². The van der Waals surface area contributed by atoms with E-state index in [2.05, 4.69) is 5.92 Å². The third-order valence-corrected chi connectivity index (χ3v) is 2.10. The predicted octanol–water partition coefficient (Wildman–Crippen LogP) is 2.19. The molecule has 0 radical (unpaired) electrons. The summed E-state index contributed by atoms with van der Waals surface area (Å²) in [7, 11) is 0. The zero-order valence-electron chi connectivity index (χ0n) is 8.03. The number of aryl methyl sites for hydroxylation is 1. The van der Waals surface area contributed by atoms with Crippen LogP contribution in [0.25, 0.3) is 0 Å². The van der Waals surface area contributed by atoms with Crippen molar-refractivity contribution >= 4 is 5.97 Å². The van der Waals surface area contributed by atoms with Crippen LogP contribution >= 0.6 is 0 Å². The van der Waals surface area contributed by atoms with Gasteiger partial charge in [0.15, 0.2) is 0 Å². The highest BCUT2D eigenvalue weighted by Gasteiger charge is 2.17. The zero-order valence-corrected chi connectivity index (χ0v) is 8.03. The van der Waals surface area contributed by atoms with E-state index in [0.29, 0.717) is 0 Å². The lowest BCUT2D eigenvalue weighted by Crippen LogP contribution is -2.10. The van der Waals surface area contributed by atoms with Crippen molar-refractivity contribution in [2.24, 2.45) is 0 Å². The maximum absolute atomic E-state index is 10.9. The van der Waals surface area contributed by atoms with Crippen molar-refractivity contribution in [2.45, 2.75) is 19.3 Å². The first kappa shape index (κ1) is 10.3. The number of carboxylic acids is 1. The molecule has 0 amide bonds. The molecule has 1 unspecified atom stereocenters. The third kappa shape index (κ3) is 2.37. The maximum atomic E-state index is 10.9. The fourth-order valence-electron chi connectivity index (χ4n) is 1.26. The molecule has 0 saturated carbocycles. The molecule has 14 heavy (non-hydrogen) atoms. The number of hydrogen-bond donors (Lipinski definition) is 1. The summed E-state index contributed by atoms with van der Waals surface area (Å²) in [5.74, 6) is 0.930. The number of hydrogen-bond acceptors (Lipinski definition) is 1. The number of benzene rings is 1. The zero-order chi connectivity index (χ0) is 10.6. The van der Waals surface area contributed by atoms with Gasteiger partial charge in [-0.05, 0) is 12.5 Å². The van der Waals surface area contributed by atoms with E-state index in [0.717, 1.165) is 11.1 Å². The molecule has 2 nitrogen and oxygen atoms in total.